The minimum Gasteiger partial charge on any atom is -0.481 e. The van der Waals surface area contributed by atoms with Crippen molar-refractivity contribution in [2.24, 2.45) is 0 Å². The lowest BCUT2D eigenvalue weighted by Gasteiger charge is -1.95. The van der Waals surface area contributed by atoms with Crippen LogP contribution in [0.25, 0.3) is 0 Å². The Labute approximate surface area is 72.7 Å². The van der Waals surface area contributed by atoms with Gasteiger partial charge in [0.2, 0.25) is 0 Å². The number of hydrogen-bond acceptors (Lipinski definition) is 2. The van der Waals surface area contributed by atoms with Crippen molar-refractivity contribution < 1.29 is 14.6 Å². The molecule has 70 valence electrons. The largest absolute Gasteiger partial charge is 0.481 e. The molecule has 1 saturated heterocycles. The second kappa shape index (κ2) is 4.45. The van der Waals surface area contributed by atoms with Crippen LogP contribution in [0.2, 0.25) is 0 Å². The van der Waals surface area contributed by atoms with Crippen LogP contribution >= 0.6 is 0 Å². The Bertz CT molecular complexity index is 156. The fourth-order valence-corrected chi connectivity index (χ4v) is 1.33. The van der Waals surface area contributed by atoms with Gasteiger partial charge in [-0.15, -0.1) is 0 Å². The van der Waals surface area contributed by atoms with E-state index in [2.05, 4.69) is 6.92 Å². The second-order valence-corrected chi connectivity index (χ2v) is 3.37. The third kappa shape index (κ3) is 3.72. The van der Waals surface area contributed by atoms with Gasteiger partial charge in [-0.3, -0.25) is 4.79 Å². The number of aliphatic carboxylic acids is 1. The van der Waals surface area contributed by atoms with E-state index in [9.17, 15) is 4.79 Å². The van der Waals surface area contributed by atoms with E-state index in [-0.39, 0.29) is 0 Å². The fraction of sp³-hybridized carbons (Fsp3) is 0.889. The molecule has 1 aliphatic heterocycles. The standard InChI is InChI=1S/C9H16O3/c1-7-8(12-7)5-3-2-4-6-9(10)11/h7-8H,2-6H2,1H3,(H,10,11). The highest BCUT2D eigenvalue weighted by Gasteiger charge is 2.32. The van der Waals surface area contributed by atoms with Crippen molar-refractivity contribution in [3.8, 4) is 0 Å². The van der Waals surface area contributed by atoms with Gasteiger partial charge in [0.15, 0.2) is 0 Å². The van der Waals surface area contributed by atoms with Gasteiger partial charge < -0.3 is 9.84 Å². The molecule has 2 atom stereocenters. The average molecular weight is 172 g/mol. The van der Waals surface area contributed by atoms with Crippen molar-refractivity contribution in [2.45, 2.75) is 51.2 Å². The van der Waals surface area contributed by atoms with Gasteiger partial charge in [0.25, 0.3) is 0 Å². The predicted molar refractivity (Wildman–Crippen MR) is 45.1 cm³/mol. The first-order valence-electron chi connectivity index (χ1n) is 4.57. The molecule has 1 aliphatic rings. The Balaban J connectivity index is 1.80. The zero-order valence-corrected chi connectivity index (χ0v) is 7.45. The highest BCUT2D eigenvalue weighted by atomic mass is 16.6. The van der Waals surface area contributed by atoms with Gasteiger partial charge >= 0.3 is 5.97 Å². The molecule has 1 N–H and O–H groups in total. The van der Waals surface area contributed by atoms with E-state index in [1.807, 2.05) is 0 Å². The molecule has 1 rings (SSSR count). The Morgan fingerprint density at radius 1 is 1.42 bits per heavy atom. The maximum Gasteiger partial charge on any atom is 0.303 e. The van der Waals surface area contributed by atoms with Crippen molar-refractivity contribution in [3.05, 3.63) is 0 Å². The molecule has 0 aromatic heterocycles. The van der Waals surface area contributed by atoms with E-state index < -0.39 is 5.97 Å². The first kappa shape index (κ1) is 9.52. The molecule has 0 saturated carbocycles. The second-order valence-electron chi connectivity index (χ2n) is 3.37. The van der Waals surface area contributed by atoms with Crippen molar-refractivity contribution >= 4 is 5.97 Å². The Morgan fingerprint density at radius 3 is 2.58 bits per heavy atom. The van der Waals surface area contributed by atoms with Crippen molar-refractivity contribution in [3.63, 3.8) is 0 Å². The van der Waals surface area contributed by atoms with Crippen LogP contribution < -0.4 is 0 Å². The van der Waals surface area contributed by atoms with E-state index in [0.29, 0.717) is 18.6 Å². The van der Waals surface area contributed by atoms with Gasteiger partial charge in [-0.25, -0.2) is 0 Å². The summed E-state index contributed by atoms with van der Waals surface area (Å²) in [6.07, 6.45) is 5.23. The molecule has 1 fully saturated rings. The van der Waals surface area contributed by atoms with Crippen LogP contribution in [0.15, 0.2) is 0 Å². The number of hydrogen-bond donors (Lipinski definition) is 1. The van der Waals surface area contributed by atoms with Gasteiger partial charge in [0, 0.05) is 6.42 Å². The van der Waals surface area contributed by atoms with E-state index >= 15 is 0 Å². The maximum absolute atomic E-state index is 10.1. The summed E-state index contributed by atoms with van der Waals surface area (Å²) in [7, 11) is 0. The third-order valence-corrected chi connectivity index (χ3v) is 2.22. The summed E-state index contributed by atoms with van der Waals surface area (Å²) in [5.41, 5.74) is 0. The summed E-state index contributed by atoms with van der Waals surface area (Å²) < 4.78 is 5.23. The van der Waals surface area contributed by atoms with Crippen LogP contribution in [-0.2, 0) is 9.53 Å². The number of epoxide rings is 1. The summed E-state index contributed by atoms with van der Waals surface area (Å²) in [4.78, 5) is 10.1. The van der Waals surface area contributed by atoms with Gasteiger partial charge in [0.05, 0.1) is 12.2 Å². The summed E-state index contributed by atoms with van der Waals surface area (Å²) >= 11 is 0. The first-order valence-corrected chi connectivity index (χ1v) is 4.57. The molecule has 3 nitrogen and oxygen atoms in total. The van der Waals surface area contributed by atoms with Crippen molar-refractivity contribution in [1.29, 1.82) is 0 Å². The van der Waals surface area contributed by atoms with E-state index in [1.54, 1.807) is 0 Å². The molecule has 0 bridgehead atoms. The van der Waals surface area contributed by atoms with Crippen molar-refractivity contribution in [2.75, 3.05) is 0 Å². The highest BCUT2D eigenvalue weighted by molar-refractivity contribution is 5.66. The lowest BCUT2D eigenvalue weighted by molar-refractivity contribution is -0.137. The molecule has 3 heteroatoms. The number of ether oxygens (including phenoxy) is 1. The molecule has 1 heterocycles. The van der Waals surface area contributed by atoms with Gasteiger partial charge in [-0.05, 0) is 19.8 Å². The quantitative estimate of drug-likeness (QED) is 0.491. The topological polar surface area (TPSA) is 49.8 Å². The van der Waals surface area contributed by atoms with E-state index in [1.165, 1.54) is 0 Å². The molecule has 0 radical (unpaired) electrons. The lowest BCUT2D eigenvalue weighted by atomic mass is 10.1. The van der Waals surface area contributed by atoms with Crippen LogP contribution in [0.4, 0.5) is 0 Å². The Morgan fingerprint density at radius 2 is 2.08 bits per heavy atom. The molecule has 0 aromatic carbocycles. The van der Waals surface area contributed by atoms with Crippen LogP contribution in [0.3, 0.4) is 0 Å². The average Bonchev–Trinajstić information content (AvgIpc) is 2.65. The fourth-order valence-electron chi connectivity index (χ4n) is 1.33. The molecular formula is C9H16O3. The molecule has 0 spiro atoms. The molecule has 0 amide bonds. The molecule has 2 unspecified atom stereocenters. The maximum atomic E-state index is 10.1. The van der Waals surface area contributed by atoms with Gasteiger partial charge in [-0.2, -0.15) is 0 Å². The summed E-state index contributed by atoms with van der Waals surface area (Å²) in [6.45, 7) is 2.07. The number of carbonyl (C=O) groups is 1. The lowest BCUT2D eigenvalue weighted by Crippen LogP contribution is -1.94. The molecule has 12 heavy (non-hydrogen) atoms. The number of carboxylic acid groups (broad SMARTS) is 1. The monoisotopic (exact) mass is 172 g/mol. The number of unbranched alkanes of at least 4 members (excludes halogenated alkanes) is 2. The molecular weight excluding hydrogens is 156 g/mol. The van der Waals surface area contributed by atoms with Crippen LogP contribution in [-0.4, -0.2) is 23.3 Å². The van der Waals surface area contributed by atoms with Crippen molar-refractivity contribution in [1.82, 2.24) is 0 Å². The van der Waals surface area contributed by atoms with Gasteiger partial charge in [0.1, 0.15) is 0 Å². The van der Waals surface area contributed by atoms with E-state index in [4.69, 9.17) is 9.84 Å². The highest BCUT2D eigenvalue weighted by Crippen LogP contribution is 2.26. The first-order chi connectivity index (χ1) is 5.70. The minimum absolute atomic E-state index is 0.307. The predicted octanol–water partition coefficient (Wildman–Crippen LogP) is 1.81. The van der Waals surface area contributed by atoms with E-state index in [0.717, 1.165) is 25.7 Å². The normalized spacial score (nSPS) is 27.1. The molecule has 0 aromatic rings. The Hall–Kier alpha value is -0.570. The van der Waals surface area contributed by atoms with Crippen LogP contribution in [0.1, 0.15) is 39.0 Å². The zero-order chi connectivity index (χ0) is 8.97. The summed E-state index contributed by atoms with van der Waals surface area (Å²) in [6, 6.07) is 0. The SMILES string of the molecule is CC1OC1CCCCCC(=O)O. The number of rotatable bonds is 6. The third-order valence-electron chi connectivity index (χ3n) is 2.22. The minimum atomic E-state index is -0.689. The van der Waals surface area contributed by atoms with Crippen LogP contribution in [0, 0.1) is 0 Å². The summed E-state index contributed by atoms with van der Waals surface area (Å²) in [5.74, 6) is -0.689. The molecule has 0 aliphatic carbocycles. The van der Waals surface area contributed by atoms with Gasteiger partial charge in [-0.1, -0.05) is 12.8 Å². The van der Waals surface area contributed by atoms with Crippen LogP contribution in [0.5, 0.6) is 0 Å². The Kier molecular flexibility index (Phi) is 3.53. The number of carboxylic acids is 1. The smallest absolute Gasteiger partial charge is 0.303 e. The zero-order valence-electron chi connectivity index (χ0n) is 7.45. The summed E-state index contributed by atoms with van der Waals surface area (Å²) in [5, 5.41) is 8.35.